The van der Waals surface area contributed by atoms with Gasteiger partial charge in [0.05, 0.1) is 20.3 Å². The summed E-state index contributed by atoms with van der Waals surface area (Å²) in [4.78, 5) is 12.1. The molecule has 0 spiro atoms. The first-order valence-corrected chi connectivity index (χ1v) is 7.80. The highest BCUT2D eigenvalue weighted by atomic mass is 16.5. The van der Waals surface area contributed by atoms with Crippen LogP contribution in [0.15, 0.2) is 28.8 Å². The largest absolute Gasteiger partial charge is 0.493 e. The van der Waals surface area contributed by atoms with Crippen LogP contribution in [0.4, 0.5) is 0 Å². The molecule has 7 nitrogen and oxygen atoms in total. The molecule has 0 bridgehead atoms. The summed E-state index contributed by atoms with van der Waals surface area (Å²) in [6.45, 7) is 1.23. The molecule has 24 heavy (non-hydrogen) atoms. The number of hydrogen-bond donors (Lipinski definition) is 1. The standard InChI is InChI=1S/C17H20N2O5/c1-21-14-6-5-11(8-15(14)22-2)13-9-16(24-19-13)17(20)18-10-12-4-3-7-23-12/h5-6,8-9,12H,3-4,7,10H2,1-2H3,(H,18,20)/t12-/m1/s1. The van der Waals surface area contributed by atoms with Gasteiger partial charge in [-0.1, -0.05) is 5.16 Å². The number of carbonyl (C=O) groups is 1. The fraction of sp³-hybridized carbons (Fsp3) is 0.412. The van der Waals surface area contributed by atoms with Crippen LogP contribution in [0.3, 0.4) is 0 Å². The van der Waals surface area contributed by atoms with Gasteiger partial charge in [-0.05, 0) is 31.0 Å². The Hall–Kier alpha value is -2.54. The molecule has 2 aromatic rings. The molecule has 2 heterocycles. The van der Waals surface area contributed by atoms with Gasteiger partial charge in [-0.2, -0.15) is 0 Å². The molecule has 1 aromatic carbocycles. The summed E-state index contributed by atoms with van der Waals surface area (Å²) in [7, 11) is 3.14. The number of carbonyl (C=O) groups excluding carboxylic acids is 1. The molecule has 1 N–H and O–H groups in total. The number of rotatable bonds is 6. The summed E-state index contributed by atoms with van der Waals surface area (Å²) in [6.07, 6.45) is 2.09. The summed E-state index contributed by atoms with van der Waals surface area (Å²) in [5, 5.41) is 6.76. The van der Waals surface area contributed by atoms with E-state index in [1.54, 1.807) is 32.4 Å². The maximum absolute atomic E-state index is 12.1. The van der Waals surface area contributed by atoms with Crippen LogP contribution in [-0.4, -0.2) is 44.5 Å². The van der Waals surface area contributed by atoms with E-state index in [1.807, 2.05) is 6.07 Å². The summed E-state index contributed by atoms with van der Waals surface area (Å²) in [5.41, 5.74) is 1.33. The summed E-state index contributed by atoms with van der Waals surface area (Å²) >= 11 is 0. The van der Waals surface area contributed by atoms with Gasteiger partial charge in [-0.15, -0.1) is 0 Å². The Bertz CT molecular complexity index is 707. The third-order valence-corrected chi connectivity index (χ3v) is 3.93. The zero-order chi connectivity index (χ0) is 16.9. The summed E-state index contributed by atoms with van der Waals surface area (Å²) in [5.74, 6) is 1.07. The predicted octanol–water partition coefficient (Wildman–Crippen LogP) is 2.27. The van der Waals surface area contributed by atoms with Crippen molar-refractivity contribution in [1.82, 2.24) is 10.5 Å². The SMILES string of the molecule is COc1ccc(-c2cc(C(=O)NC[C@H]3CCCO3)on2)cc1OC. The average Bonchev–Trinajstić information content (AvgIpc) is 3.30. The molecule has 0 saturated carbocycles. The van der Waals surface area contributed by atoms with E-state index in [1.165, 1.54) is 0 Å². The number of hydrogen-bond acceptors (Lipinski definition) is 6. The van der Waals surface area contributed by atoms with Gasteiger partial charge in [-0.25, -0.2) is 0 Å². The summed E-state index contributed by atoms with van der Waals surface area (Å²) < 4.78 is 21.1. The van der Waals surface area contributed by atoms with Crippen molar-refractivity contribution in [2.45, 2.75) is 18.9 Å². The maximum Gasteiger partial charge on any atom is 0.290 e. The van der Waals surface area contributed by atoms with Crippen LogP contribution in [0.2, 0.25) is 0 Å². The summed E-state index contributed by atoms with van der Waals surface area (Å²) in [6, 6.07) is 6.99. The molecule has 1 aliphatic rings. The van der Waals surface area contributed by atoms with E-state index in [4.69, 9.17) is 18.7 Å². The van der Waals surface area contributed by atoms with Crippen LogP contribution in [0, 0.1) is 0 Å². The van der Waals surface area contributed by atoms with Gasteiger partial charge in [-0.3, -0.25) is 4.79 Å². The van der Waals surface area contributed by atoms with Gasteiger partial charge in [0.2, 0.25) is 5.76 Å². The van der Waals surface area contributed by atoms with Crippen molar-refractivity contribution in [3.63, 3.8) is 0 Å². The van der Waals surface area contributed by atoms with E-state index in [0.29, 0.717) is 23.7 Å². The van der Waals surface area contributed by atoms with Crippen molar-refractivity contribution < 1.29 is 23.5 Å². The molecular formula is C17H20N2O5. The zero-order valence-electron chi connectivity index (χ0n) is 13.7. The second kappa shape index (κ2) is 7.35. The normalized spacial score (nSPS) is 16.8. The highest BCUT2D eigenvalue weighted by Crippen LogP contribution is 2.32. The quantitative estimate of drug-likeness (QED) is 0.874. The van der Waals surface area contributed by atoms with Crippen LogP contribution in [0.1, 0.15) is 23.4 Å². The van der Waals surface area contributed by atoms with E-state index in [2.05, 4.69) is 10.5 Å². The van der Waals surface area contributed by atoms with Crippen molar-refractivity contribution in [3.05, 3.63) is 30.0 Å². The minimum atomic E-state index is -0.301. The lowest BCUT2D eigenvalue weighted by atomic mass is 10.1. The number of methoxy groups -OCH3 is 2. The Morgan fingerprint density at radius 2 is 2.12 bits per heavy atom. The van der Waals surface area contributed by atoms with Crippen LogP contribution >= 0.6 is 0 Å². The Kier molecular flexibility index (Phi) is 5.00. The number of aromatic nitrogens is 1. The lowest BCUT2D eigenvalue weighted by Crippen LogP contribution is -2.31. The van der Waals surface area contributed by atoms with Gasteiger partial charge in [0.15, 0.2) is 11.5 Å². The van der Waals surface area contributed by atoms with Crippen molar-refractivity contribution in [3.8, 4) is 22.8 Å². The average molecular weight is 332 g/mol. The van der Waals surface area contributed by atoms with Crippen LogP contribution in [0.5, 0.6) is 11.5 Å². The topological polar surface area (TPSA) is 82.8 Å². The third kappa shape index (κ3) is 3.51. The Morgan fingerprint density at radius 1 is 1.29 bits per heavy atom. The van der Waals surface area contributed by atoms with E-state index < -0.39 is 0 Å². The lowest BCUT2D eigenvalue weighted by Gasteiger charge is -2.09. The van der Waals surface area contributed by atoms with Crippen LogP contribution in [-0.2, 0) is 4.74 Å². The monoisotopic (exact) mass is 332 g/mol. The van der Waals surface area contributed by atoms with E-state index in [9.17, 15) is 4.79 Å². The van der Waals surface area contributed by atoms with Crippen molar-refractivity contribution in [2.24, 2.45) is 0 Å². The van der Waals surface area contributed by atoms with Gasteiger partial charge < -0.3 is 24.1 Å². The minimum Gasteiger partial charge on any atom is -0.493 e. The number of nitrogens with zero attached hydrogens (tertiary/aromatic N) is 1. The smallest absolute Gasteiger partial charge is 0.290 e. The molecule has 0 unspecified atom stereocenters. The first-order valence-electron chi connectivity index (χ1n) is 7.80. The Labute approximate surface area is 139 Å². The molecular weight excluding hydrogens is 312 g/mol. The second-order valence-corrected chi connectivity index (χ2v) is 5.49. The molecule has 1 saturated heterocycles. The van der Waals surface area contributed by atoms with Gasteiger partial charge in [0.1, 0.15) is 5.69 Å². The molecule has 7 heteroatoms. The van der Waals surface area contributed by atoms with E-state index >= 15 is 0 Å². The van der Waals surface area contributed by atoms with Crippen molar-refractivity contribution >= 4 is 5.91 Å². The fourth-order valence-corrected chi connectivity index (χ4v) is 2.61. The highest BCUT2D eigenvalue weighted by molar-refractivity contribution is 5.92. The fourth-order valence-electron chi connectivity index (χ4n) is 2.61. The molecule has 3 rings (SSSR count). The molecule has 1 aromatic heterocycles. The number of benzene rings is 1. The first kappa shape index (κ1) is 16.3. The Morgan fingerprint density at radius 3 is 2.83 bits per heavy atom. The predicted molar refractivity (Wildman–Crippen MR) is 86.4 cm³/mol. The minimum absolute atomic E-state index is 0.0854. The molecule has 1 amide bonds. The number of ether oxygens (including phenoxy) is 3. The third-order valence-electron chi connectivity index (χ3n) is 3.93. The lowest BCUT2D eigenvalue weighted by molar-refractivity contribution is 0.0828. The van der Waals surface area contributed by atoms with Gasteiger partial charge in [0.25, 0.3) is 5.91 Å². The maximum atomic E-state index is 12.1. The molecule has 1 aliphatic heterocycles. The molecule has 0 aliphatic carbocycles. The van der Waals surface area contributed by atoms with Gasteiger partial charge >= 0.3 is 0 Å². The molecule has 128 valence electrons. The van der Waals surface area contributed by atoms with Crippen LogP contribution < -0.4 is 14.8 Å². The highest BCUT2D eigenvalue weighted by Gasteiger charge is 2.19. The Balaban J connectivity index is 1.69. The first-order chi connectivity index (χ1) is 11.7. The van der Waals surface area contributed by atoms with E-state index in [0.717, 1.165) is 25.0 Å². The van der Waals surface area contributed by atoms with Crippen molar-refractivity contribution in [2.75, 3.05) is 27.4 Å². The second-order valence-electron chi connectivity index (χ2n) is 5.49. The van der Waals surface area contributed by atoms with E-state index in [-0.39, 0.29) is 17.8 Å². The van der Waals surface area contributed by atoms with Crippen LogP contribution in [0.25, 0.3) is 11.3 Å². The van der Waals surface area contributed by atoms with Gasteiger partial charge in [0, 0.05) is 24.8 Å². The molecule has 1 atom stereocenters. The number of amides is 1. The van der Waals surface area contributed by atoms with Crippen molar-refractivity contribution in [1.29, 1.82) is 0 Å². The molecule has 1 fully saturated rings. The zero-order valence-corrected chi connectivity index (χ0v) is 13.7. The molecule has 0 radical (unpaired) electrons. The number of nitrogens with one attached hydrogen (secondary N) is 1.